The van der Waals surface area contributed by atoms with E-state index in [1.807, 2.05) is 61.5 Å². The van der Waals surface area contributed by atoms with Crippen molar-refractivity contribution in [1.82, 2.24) is 10.6 Å². The number of hydrogen-bond acceptors (Lipinski definition) is 4. The number of β-amino-alcohol motifs (C(OH)–C–C–N with tert-alkyl or cyclic N) is 1. The first kappa shape index (κ1) is 16.5. The molecular weight excluding hydrogens is 304 g/mol. The summed E-state index contributed by atoms with van der Waals surface area (Å²) in [5, 5.41) is 15.5. The summed E-state index contributed by atoms with van der Waals surface area (Å²) in [7, 11) is 0. The molecule has 1 amide bonds. The Labute approximate surface area is 141 Å². The fraction of sp³-hybridized carbons (Fsp3) is 0.316. The van der Waals surface area contributed by atoms with E-state index in [4.69, 9.17) is 4.74 Å². The fourth-order valence-corrected chi connectivity index (χ4v) is 2.76. The number of rotatable bonds is 5. The smallest absolute Gasteiger partial charge is 0.237 e. The van der Waals surface area contributed by atoms with Gasteiger partial charge in [0.25, 0.3) is 0 Å². The van der Waals surface area contributed by atoms with E-state index in [1.165, 1.54) is 0 Å². The van der Waals surface area contributed by atoms with E-state index >= 15 is 0 Å². The summed E-state index contributed by atoms with van der Waals surface area (Å²) >= 11 is 0. The minimum atomic E-state index is -0.439. The van der Waals surface area contributed by atoms with Gasteiger partial charge in [-0.25, -0.2) is 0 Å². The number of hydrogen-bond donors (Lipinski definition) is 3. The molecule has 1 fully saturated rings. The average Bonchev–Trinajstić information content (AvgIpc) is 3.03. The zero-order valence-electron chi connectivity index (χ0n) is 13.6. The van der Waals surface area contributed by atoms with Crippen LogP contribution in [0.25, 0.3) is 0 Å². The van der Waals surface area contributed by atoms with Gasteiger partial charge >= 0.3 is 0 Å². The van der Waals surface area contributed by atoms with Crippen LogP contribution < -0.4 is 15.4 Å². The molecule has 0 saturated carbocycles. The summed E-state index contributed by atoms with van der Waals surface area (Å²) in [6, 6.07) is 16.8. The summed E-state index contributed by atoms with van der Waals surface area (Å²) in [4.78, 5) is 12.2. The minimum absolute atomic E-state index is 0.0799. The van der Waals surface area contributed by atoms with Crippen LogP contribution in [0.3, 0.4) is 0 Å². The third-order valence-electron chi connectivity index (χ3n) is 4.14. The van der Waals surface area contributed by atoms with Gasteiger partial charge in [-0.05, 0) is 43.2 Å². The molecule has 0 bridgehead atoms. The molecule has 3 rings (SSSR count). The Balaban J connectivity index is 1.57. The minimum Gasteiger partial charge on any atom is -0.457 e. The Bertz CT molecular complexity index is 673. The number of para-hydroxylation sites is 1. The standard InChI is InChI=1S/C19H22N2O3/c1-13(21-19(23)18-11-15(22)12-20-18)14-7-9-17(10-8-14)24-16-5-3-2-4-6-16/h2-10,13,15,18,20,22H,11-12H2,1H3,(H,21,23). The van der Waals surface area contributed by atoms with Crippen molar-refractivity contribution < 1.29 is 14.6 Å². The molecule has 1 heterocycles. The Morgan fingerprint density at radius 1 is 1.17 bits per heavy atom. The lowest BCUT2D eigenvalue weighted by Crippen LogP contribution is -2.41. The summed E-state index contributed by atoms with van der Waals surface area (Å²) in [6.07, 6.45) is 0.0213. The third-order valence-corrected chi connectivity index (χ3v) is 4.14. The second kappa shape index (κ2) is 7.47. The molecule has 0 aromatic heterocycles. The Hall–Kier alpha value is -2.37. The van der Waals surface area contributed by atoms with Crippen molar-refractivity contribution in [3.63, 3.8) is 0 Å². The van der Waals surface area contributed by atoms with Gasteiger partial charge in [0.1, 0.15) is 11.5 Å². The van der Waals surface area contributed by atoms with E-state index in [0.717, 1.165) is 17.1 Å². The average molecular weight is 326 g/mol. The van der Waals surface area contributed by atoms with Crippen molar-refractivity contribution >= 4 is 5.91 Å². The first-order valence-electron chi connectivity index (χ1n) is 8.16. The molecule has 1 saturated heterocycles. The number of aliphatic hydroxyl groups excluding tert-OH is 1. The van der Waals surface area contributed by atoms with Gasteiger partial charge in [-0.3, -0.25) is 4.79 Å². The molecule has 126 valence electrons. The van der Waals surface area contributed by atoms with Gasteiger partial charge in [0, 0.05) is 6.54 Å². The van der Waals surface area contributed by atoms with E-state index in [9.17, 15) is 9.90 Å². The van der Waals surface area contributed by atoms with Crippen molar-refractivity contribution in [2.24, 2.45) is 0 Å². The van der Waals surface area contributed by atoms with Crippen molar-refractivity contribution in [2.45, 2.75) is 31.5 Å². The van der Waals surface area contributed by atoms with Crippen LogP contribution in [0.15, 0.2) is 54.6 Å². The largest absolute Gasteiger partial charge is 0.457 e. The van der Waals surface area contributed by atoms with Gasteiger partial charge < -0.3 is 20.5 Å². The van der Waals surface area contributed by atoms with Crippen LogP contribution in [-0.2, 0) is 4.79 Å². The summed E-state index contributed by atoms with van der Waals surface area (Å²) in [5.41, 5.74) is 1.00. The lowest BCUT2D eigenvalue weighted by Gasteiger charge is -2.18. The SMILES string of the molecule is CC(NC(=O)C1CC(O)CN1)c1ccc(Oc2ccccc2)cc1. The van der Waals surface area contributed by atoms with Crippen molar-refractivity contribution in [3.8, 4) is 11.5 Å². The van der Waals surface area contributed by atoms with Crippen LogP contribution in [0.2, 0.25) is 0 Å². The van der Waals surface area contributed by atoms with Gasteiger partial charge in [-0.15, -0.1) is 0 Å². The molecule has 3 N–H and O–H groups in total. The molecule has 5 nitrogen and oxygen atoms in total. The highest BCUT2D eigenvalue weighted by Gasteiger charge is 2.28. The van der Waals surface area contributed by atoms with E-state index in [0.29, 0.717) is 13.0 Å². The molecule has 2 aromatic carbocycles. The Morgan fingerprint density at radius 2 is 1.83 bits per heavy atom. The number of ether oxygens (including phenoxy) is 1. The molecule has 1 aliphatic rings. The van der Waals surface area contributed by atoms with Crippen LogP contribution >= 0.6 is 0 Å². The zero-order chi connectivity index (χ0) is 16.9. The number of nitrogens with one attached hydrogen (secondary N) is 2. The molecule has 0 spiro atoms. The van der Waals surface area contributed by atoms with Gasteiger partial charge in [0.15, 0.2) is 0 Å². The van der Waals surface area contributed by atoms with Gasteiger partial charge in [-0.2, -0.15) is 0 Å². The molecule has 1 aliphatic heterocycles. The molecule has 2 aromatic rings. The Morgan fingerprint density at radius 3 is 2.46 bits per heavy atom. The molecule has 5 heteroatoms. The summed E-state index contributed by atoms with van der Waals surface area (Å²) in [5.74, 6) is 1.46. The van der Waals surface area contributed by atoms with Gasteiger partial charge in [0.05, 0.1) is 18.2 Å². The molecule has 24 heavy (non-hydrogen) atoms. The maximum absolute atomic E-state index is 12.2. The van der Waals surface area contributed by atoms with Crippen LogP contribution in [0, 0.1) is 0 Å². The molecule has 0 aliphatic carbocycles. The normalized spacial score (nSPS) is 21.2. The Kier molecular flexibility index (Phi) is 5.13. The molecule has 0 radical (unpaired) electrons. The summed E-state index contributed by atoms with van der Waals surface area (Å²) in [6.45, 7) is 2.41. The number of amides is 1. The number of carbonyl (C=O) groups is 1. The second-order valence-electron chi connectivity index (χ2n) is 6.06. The molecule has 3 atom stereocenters. The first-order valence-corrected chi connectivity index (χ1v) is 8.16. The van der Waals surface area contributed by atoms with Crippen molar-refractivity contribution in [1.29, 1.82) is 0 Å². The van der Waals surface area contributed by atoms with Crippen LogP contribution in [0.4, 0.5) is 0 Å². The monoisotopic (exact) mass is 326 g/mol. The lowest BCUT2D eigenvalue weighted by molar-refractivity contribution is -0.123. The first-order chi connectivity index (χ1) is 11.6. The van der Waals surface area contributed by atoms with Gasteiger partial charge in [0.2, 0.25) is 5.91 Å². The number of benzene rings is 2. The quantitative estimate of drug-likeness (QED) is 0.789. The highest BCUT2D eigenvalue weighted by molar-refractivity contribution is 5.82. The molecular formula is C19H22N2O3. The highest BCUT2D eigenvalue weighted by Crippen LogP contribution is 2.23. The highest BCUT2D eigenvalue weighted by atomic mass is 16.5. The number of aliphatic hydroxyl groups is 1. The van der Waals surface area contributed by atoms with Crippen LogP contribution in [0.5, 0.6) is 11.5 Å². The van der Waals surface area contributed by atoms with E-state index in [2.05, 4.69) is 10.6 Å². The van der Waals surface area contributed by atoms with Crippen LogP contribution in [0.1, 0.15) is 24.9 Å². The number of carbonyl (C=O) groups excluding carboxylic acids is 1. The van der Waals surface area contributed by atoms with Crippen LogP contribution in [-0.4, -0.2) is 29.7 Å². The second-order valence-corrected chi connectivity index (χ2v) is 6.06. The van der Waals surface area contributed by atoms with E-state index in [-0.39, 0.29) is 18.0 Å². The maximum Gasteiger partial charge on any atom is 0.237 e. The topological polar surface area (TPSA) is 70.6 Å². The zero-order valence-corrected chi connectivity index (χ0v) is 13.6. The third kappa shape index (κ3) is 4.13. The summed E-state index contributed by atoms with van der Waals surface area (Å²) < 4.78 is 5.76. The predicted molar refractivity (Wildman–Crippen MR) is 91.9 cm³/mol. The lowest BCUT2D eigenvalue weighted by atomic mass is 10.1. The van der Waals surface area contributed by atoms with E-state index in [1.54, 1.807) is 0 Å². The maximum atomic E-state index is 12.2. The van der Waals surface area contributed by atoms with Crippen molar-refractivity contribution in [3.05, 3.63) is 60.2 Å². The van der Waals surface area contributed by atoms with E-state index < -0.39 is 6.10 Å². The molecule has 3 unspecified atom stereocenters. The predicted octanol–water partition coefficient (Wildman–Crippen LogP) is 2.38. The van der Waals surface area contributed by atoms with Crippen molar-refractivity contribution in [2.75, 3.05) is 6.54 Å². The van der Waals surface area contributed by atoms with Gasteiger partial charge in [-0.1, -0.05) is 30.3 Å². The fourth-order valence-electron chi connectivity index (χ4n) is 2.76.